The van der Waals surface area contributed by atoms with E-state index in [1.54, 1.807) is 36.4 Å². The van der Waals surface area contributed by atoms with Crippen molar-refractivity contribution in [3.05, 3.63) is 81.5 Å². The fourth-order valence-corrected chi connectivity index (χ4v) is 6.50. The molecule has 1 aliphatic heterocycles. The number of fused-ring (bicyclic) bond motifs is 1. The Labute approximate surface area is 200 Å². The Morgan fingerprint density at radius 1 is 1.03 bits per heavy atom. The van der Waals surface area contributed by atoms with Gasteiger partial charge in [0.15, 0.2) is 0 Å². The summed E-state index contributed by atoms with van der Waals surface area (Å²) >= 11 is 1.37. The summed E-state index contributed by atoms with van der Waals surface area (Å²) in [5.41, 5.74) is 2.27. The molecule has 0 spiro atoms. The zero-order chi connectivity index (χ0) is 23.9. The number of hydrogen-bond donors (Lipinski definition) is 1. The van der Waals surface area contributed by atoms with Crippen LogP contribution in [-0.2, 0) is 16.6 Å². The zero-order valence-electron chi connectivity index (χ0n) is 18.5. The summed E-state index contributed by atoms with van der Waals surface area (Å²) in [7, 11) is -3.53. The minimum Gasteiger partial charge on any atom is -0.309 e. The quantitative estimate of drug-likeness (QED) is 0.454. The highest BCUT2D eigenvalue weighted by Crippen LogP contribution is 2.31. The molecule has 0 amide bonds. The van der Waals surface area contributed by atoms with Crippen LogP contribution in [-0.4, -0.2) is 53.8 Å². The van der Waals surface area contributed by atoms with Crippen molar-refractivity contribution in [2.75, 3.05) is 26.2 Å². The van der Waals surface area contributed by atoms with Crippen molar-refractivity contribution in [2.45, 2.75) is 18.4 Å². The number of H-pyrrole nitrogens is 1. The van der Waals surface area contributed by atoms with Crippen LogP contribution in [0.15, 0.2) is 63.6 Å². The van der Waals surface area contributed by atoms with Crippen LogP contribution < -0.4 is 5.56 Å². The van der Waals surface area contributed by atoms with Crippen LogP contribution in [0, 0.1) is 12.7 Å². The molecule has 2 aromatic carbocycles. The molecule has 7 nitrogen and oxygen atoms in total. The molecule has 0 bridgehead atoms. The van der Waals surface area contributed by atoms with Crippen LogP contribution in [0.2, 0.25) is 0 Å². The van der Waals surface area contributed by atoms with Gasteiger partial charge in [0.2, 0.25) is 10.0 Å². The third kappa shape index (κ3) is 4.41. The number of sulfonamides is 1. The van der Waals surface area contributed by atoms with E-state index in [1.165, 1.54) is 27.8 Å². The van der Waals surface area contributed by atoms with Gasteiger partial charge >= 0.3 is 0 Å². The Balaban J connectivity index is 1.30. The van der Waals surface area contributed by atoms with E-state index in [1.807, 2.05) is 12.3 Å². The van der Waals surface area contributed by atoms with Crippen LogP contribution in [0.4, 0.5) is 4.39 Å². The number of aromatic amines is 1. The maximum atomic E-state index is 13.3. The molecule has 0 saturated carbocycles. The van der Waals surface area contributed by atoms with Gasteiger partial charge in [-0.1, -0.05) is 29.8 Å². The summed E-state index contributed by atoms with van der Waals surface area (Å²) in [5, 5.41) is 2.35. The molecule has 10 heteroatoms. The van der Waals surface area contributed by atoms with E-state index in [4.69, 9.17) is 0 Å². The van der Waals surface area contributed by atoms with Gasteiger partial charge in [0, 0.05) is 37.1 Å². The number of benzene rings is 2. The minimum atomic E-state index is -3.53. The van der Waals surface area contributed by atoms with Gasteiger partial charge in [-0.15, -0.1) is 11.3 Å². The summed E-state index contributed by atoms with van der Waals surface area (Å²) in [5.74, 6) is 0.212. The van der Waals surface area contributed by atoms with Crippen molar-refractivity contribution in [1.29, 1.82) is 0 Å². The van der Waals surface area contributed by atoms with Crippen molar-refractivity contribution in [2.24, 2.45) is 0 Å². The van der Waals surface area contributed by atoms with Gasteiger partial charge in [-0.05, 0) is 36.8 Å². The number of nitrogens with one attached hydrogen (secondary N) is 1. The second kappa shape index (κ2) is 9.03. The van der Waals surface area contributed by atoms with Crippen molar-refractivity contribution in [1.82, 2.24) is 19.2 Å². The fourth-order valence-electron chi connectivity index (χ4n) is 4.11. The Morgan fingerprint density at radius 3 is 2.38 bits per heavy atom. The van der Waals surface area contributed by atoms with E-state index in [0.29, 0.717) is 53.7 Å². The topological polar surface area (TPSA) is 86.4 Å². The molecule has 1 saturated heterocycles. The van der Waals surface area contributed by atoms with Gasteiger partial charge in [0.25, 0.3) is 5.56 Å². The number of piperazine rings is 1. The summed E-state index contributed by atoms with van der Waals surface area (Å²) in [6, 6.07) is 12.9. The molecule has 34 heavy (non-hydrogen) atoms. The maximum Gasteiger partial charge on any atom is 0.260 e. The second-order valence-electron chi connectivity index (χ2n) is 8.34. The minimum absolute atomic E-state index is 0.235. The summed E-state index contributed by atoms with van der Waals surface area (Å²) in [4.78, 5) is 23.4. The van der Waals surface area contributed by atoms with E-state index < -0.39 is 10.0 Å². The van der Waals surface area contributed by atoms with Gasteiger partial charge < -0.3 is 4.98 Å². The smallest absolute Gasteiger partial charge is 0.260 e. The highest BCUT2D eigenvalue weighted by Gasteiger charge is 2.28. The van der Waals surface area contributed by atoms with Crippen LogP contribution in [0.3, 0.4) is 0 Å². The first-order valence-corrected chi connectivity index (χ1v) is 13.2. The van der Waals surface area contributed by atoms with E-state index in [0.717, 1.165) is 16.7 Å². The third-order valence-electron chi connectivity index (χ3n) is 6.01. The lowest BCUT2D eigenvalue weighted by Gasteiger charge is -2.33. The molecule has 0 atom stereocenters. The average Bonchev–Trinajstić information content (AvgIpc) is 3.25. The van der Waals surface area contributed by atoms with E-state index in [9.17, 15) is 17.6 Å². The van der Waals surface area contributed by atoms with Crippen molar-refractivity contribution in [3.8, 4) is 11.1 Å². The SMILES string of the molecule is Cc1ccc(S(=O)(=O)N2CCN(Cc3nc4scc(-c5ccc(F)cc5)c4c(=O)[nH]3)CC2)cc1. The van der Waals surface area contributed by atoms with Gasteiger partial charge in [-0.2, -0.15) is 4.31 Å². The van der Waals surface area contributed by atoms with Crippen LogP contribution >= 0.6 is 11.3 Å². The fraction of sp³-hybridized carbons (Fsp3) is 0.250. The largest absolute Gasteiger partial charge is 0.309 e. The third-order valence-corrected chi connectivity index (χ3v) is 8.80. The molecule has 2 aromatic heterocycles. The standard InChI is InChI=1S/C24H23FN4O3S2/c1-16-2-8-19(9-3-16)34(31,32)29-12-10-28(11-13-29)14-21-26-23(30)22-20(15-33-24(22)27-21)17-4-6-18(25)7-5-17/h2-9,15H,10-14H2,1H3,(H,26,27,30). The Bertz CT molecular complexity index is 1490. The highest BCUT2D eigenvalue weighted by molar-refractivity contribution is 7.89. The predicted octanol–water partition coefficient (Wildman–Crippen LogP) is 3.61. The monoisotopic (exact) mass is 498 g/mol. The predicted molar refractivity (Wildman–Crippen MR) is 131 cm³/mol. The number of rotatable bonds is 5. The Hall–Kier alpha value is -2.92. The molecule has 0 aliphatic carbocycles. The van der Waals surface area contributed by atoms with E-state index in [-0.39, 0.29) is 11.4 Å². The molecular weight excluding hydrogens is 475 g/mol. The molecule has 3 heterocycles. The highest BCUT2D eigenvalue weighted by atomic mass is 32.2. The van der Waals surface area contributed by atoms with Gasteiger partial charge in [-0.3, -0.25) is 9.69 Å². The Morgan fingerprint density at radius 2 is 1.71 bits per heavy atom. The van der Waals surface area contributed by atoms with Crippen LogP contribution in [0.5, 0.6) is 0 Å². The first-order chi connectivity index (χ1) is 16.3. The van der Waals surface area contributed by atoms with Crippen LogP contribution in [0.1, 0.15) is 11.4 Å². The molecule has 176 valence electrons. The van der Waals surface area contributed by atoms with Gasteiger partial charge in [-0.25, -0.2) is 17.8 Å². The number of thiophene rings is 1. The lowest BCUT2D eigenvalue weighted by atomic mass is 10.1. The number of hydrogen-bond acceptors (Lipinski definition) is 6. The summed E-state index contributed by atoms with van der Waals surface area (Å²) < 4.78 is 40.6. The molecule has 0 unspecified atom stereocenters. The summed E-state index contributed by atoms with van der Waals surface area (Å²) in [6.45, 7) is 4.17. The van der Waals surface area contributed by atoms with Crippen molar-refractivity contribution in [3.63, 3.8) is 0 Å². The molecule has 0 radical (unpaired) electrons. The lowest BCUT2D eigenvalue weighted by Crippen LogP contribution is -2.48. The first kappa shape index (κ1) is 22.9. The summed E-state index contributed by atoms with van der Waals surface area (Å²) in [6.07, 6.45) is 0. The Kier molecular flexibility index (Phi) is 6.07. The average molecular weight is 499 g/mol. The van der Waals surface area contributed by atoms with Crippen LogP contribution in [0.25, 0.3) is 21.3 Å². The second-order valence-corrected chi connectivity index (χ2v) is 11.1. The molecule has 1 N–H and O–H groups in total. The van der Waals surface area contributed by atoms with Gasteiger partial charge in [0.1, 0.15) is 16.5 Å². The zero-order valence-corrected chi connectivity index (χ0v) is 20.1. The van der Waals surface area contributed by atoms with E-state index in [2.05, 4.69) is 14.9 Å². The first-order valence-electron chi connectivity index (χ1n) is 10.9. The normalized spacial score (nSPS) is 15.7. The van der Waals surface area contributed by atoms with Gasteiger partial charge in [0.05, 0.1) is 16.8 Å². The maximum absolute atomic E-state index is 13.3. The lowest BCUT2D eigenvalue weighted by molar-refractivity contribution is 0.178. The molecule has 1 aliphatic rings. The van der Waals surface area contributed by atoms with E-state index >= 15 is 0 Å². The number of aryl methyl sites for hydroxylation is 1. The molecule has 4 aromatic rings. The molecule has 5 rings (SSSR count). The molecular formula is C24H23FN4O3S2. The van der Waals surface area contributed by atoms with Crippen molar-refractivity contribution >= 4 is 31.6 Å². The number of halogens is 1. The molecule has 1 fully saturated rings. The number of aromatic nitrogens is 2. The number of nitrogens with zero attached hydrogens (tertiary/aromatic N) is 3. The van der Waals surface area contributed by atoms with Crippen molar-refractivity contribution < 1.29 is 12.8 Å².